The minimum absolute atomic E-state index is 0.116. The number of nitrogens with zero attached hydrogens (tertiary/aromatic N) is 2. The number of piperazine rings is 1. The number of thiophene rings is 1. The third-order valence-corrected chi connectivity index (χ3v) is 6.77. The lowest BCUT2D eigenvalue weighted by Gasteiger charge is -2.36. The minimum Gasteiger partial charge on any atom is -0.489 e. The molecular formula is C27H30ClN3O2S. The molecule has 1 N–H and O–H groups in total. The monoisotopic (exact) mass is 495 g/mol. The van der Waals surface area contributed by atoms with Gasteiger partial charge < -0.3 is 15.0 Å². The molecule has 7 heteroatoms. The van der Waals surface area contributed by atoms with Crippen LogP contribution in [0.25, 0.3) is 6.08 Å². The Balaban J connectivity index is 1.22. The largest absolute Gasteiger partial charge is 0.489 e. The first kappa shape index (κ1) is 24.3. The zero-order valence-corrected chi connectivity index (χ0v) is 20.9. The van der Waals surface area contributed by atoms with Crippen LogP contribution in [-0.4, -0.2) is 49.6 Å². The number of ether oxygens (including phenoxy) is 1. The highest BCUT2D eigenvalue weighted by Gasteiger charge is 2.18. The summed E-state index contributed by atoms with van der Waals surface area (Å²) in [5.74, 6) is 0.709. The summed E-state index contributed by atoms with van der Waals surface area (Å²) in [6.45, 7) is 7.26. The molecule has 4 rings (SSSR count). The summed E-state index contributed by atoms with van der Waals surface area (Å²) in [5, 5.41) is 5.67. The van der Waals surface area contributed by atoms with Crippen LogP contribution in [0.2, 0.25) is 5.02 Å². The van der Waals surface area contributed by atoms with Gasteiger partial charge in [0.25, 0.3) is 0 Å². The van der Waals surface area contributed by atoms with Crippen LogP contribution in [0.5, 0.6) is 5.75 Å². The summed E-state index contributed by atoms with van der Waals surface area (Å²) in [6, 6.07) is 20.2. The third kappa shape index (κ3) is 7.35. The van der Waals surface area contributed by atoms with Crippen LogP contribution in [-0.2, 0) is 11.3 Å². The number of carbonyl (C=O) groups is 1. The van der Waals surface area contributed by atoms with E-state index in [2.05, 4.69) is 33.3 Å². The van der Waals surface area contributed by atoms with Gasteiger partial charge >= 0.3 is 0 Å². The second-order valence-electron chi connectivity index (χ2n) is 8.41. The third-order valence-electron chi connectivity index (χ3n) is 5.69. The number of halogens is 1. The Bertz CT molecular complexity index is 1090. The molecule has 0 aliphatic carbocycles. The summed E-state index contributed by atoms with van der Waals surface area (Å²) in [5.41, 5.74) is 2.41. The lowest BCUT2D eigenvalue weighted by Crippen LogP contribution is -2.45. The van der Waals surface area contributed by atoms with Crippen molar-refractivity contribution in [2.24, 2.45) is 0 Å². The Morgan fingerprint density at radius 2 is 1.94 bits per heavy atom. The van der Waals surface area contributed by atoms with Gasteiger partial charge in [-0.05, 0) is 60.3 Å². The fourth-order valence-electron chi connectivity index (χ4n) is 3.93. The Morgan fingerprint density at radius 3 is 2.71 bits per heavy atom. The molecule has 0 radical (unpaired) electrons. The molecule has 34 heavy (non-hydrogen) atoms. The Kier molecular flexibility index (Phi) is 8.63. The standard InChI is InChI=1S/C27H30ClN3O2S/c1-21(19-29-27(32)11-10-26-9-4-16-34-26)33-25-8-2-5-22(17-25)20-30-12-14-31(15-13-30)24-7-3-6-23(28)18-24/h2-11,16-18,21H,12-15,19-20H2,1H3,(H,29,32)/b11-10+. The number of nitrogens with one attached hydrogen (secondary N) is 1. The van der Waals surface area contributed by atoms with E-state index >= 15 is 0 Å². The molecule has 1 amide bonds. The second kappa shape index (κ2) is 12.1. The van der Waals surface area contributed by atoms with E-state index in [1.165, 1.54) is 11.3 Å². The Labute approximate surface area is 210 Å². The normalized spacial score (nSPS) is 15.4. The number of amides is 1. The van der Waals surface area contributed by atoms with Crippen LogP contribution < -0.4 is 15.0 Å². The van der Waals surface area contributed by atoms with Crippen molar-refractivity contribution >= 4 is 40.6 Å². The molecule has 178 valence electrons. The van der Waals surface area contributed by atoms with E-state index in [0.717, 1.165) is 48.4 Å². The van der Waals surface area contributed by atoms with Crippen molar-refractivity contribution in [2.75, 3.05) is 37.6 Å². The van der Waals surface area contributed by atoms with Crippen LogP contribution in [0, 0.1) is 0 Å². The molecule has 1 unspecified atom stereocenters. The van der Waals surface area contributed by atoms with Gasteiger partial charge in [0, 0.05) is 54.4 Å². The topological polar surface area (TPSA) is 44.8 Å². The molecule has 3 aromatic rings. The van der Waals surface area contributed by atoms with Gasteiger partial charge in [0.15, 0.2) is 0 Å². The summed E-state index contributed by atoms with van der Waals surface area (Å²) in [6.07, 6.45) is 3.25. The van der Waals surface area contributed by atoms with E-state index in [1.807, 2.05) is 60.8 Å². The highest BCUT2D eigenvalue weighted by atomic mass is 35.5. The van der Waals surface area contributed by atoms with Crippen molar-refractivity contribution in [3.63, 3.8) is 0 Å². The maximum Gasteiger partial charge on any atom is 0.244 e. The first-order chi connectivity index (χ1) is 16.5. The molecule has 1 aliphatic rings. The lowest BCUT2D eigenvalue weighted by atomic mass is 10.1. The second-order valence-corrected chi connectivity index (χ2v) is 9.83. The molecular weight excluding hydrogens is 466 g/mol. The number of benzene rings is 2. The lowest BCUT2D eigenvalue weighted by molar-refractivity contribution is -0.116. The average Bonchev–Trinajstić information content (AvgIpc) is 3.36. The average molecular weight is 496 g/mol. The highest BCUT2D eigenvalue weighted by Crippen LogP contribution is 2.22. The van der Waals surface area contributed by atoms with Gasteiger partial charge in [-0.1, -0.05) is 35.9 Å². The summed E-state index contributed by atoms with van der Waals surface area (Å²) in [4.78, 5) is 17.9. The zero-order chi connectivity index (χ0) is 23.8. The predicted octanol–water partition coefficient (Wildman–Crippen LogP) is 5.32. The molecule has 1 atom stereocenters. The van der Waals surface area contributed by atoms with E-state index < -0.39 is 0 Å². The van der Waals surface area contributed by atoms with Crippen LogP contribution in [0.3, 0.4) is 0 Å². The number of anilines is 1. The van der Waals surface area contributed by atoms with Gasteiger partial charge in [-0.15, -0.1) is 11.3 Å². The van der Waals surface area contributed by atoms with Crippen molar-refractivity contribution in [1.82, 2.24) is 10.2 Å². The molecule has 0 saturated carbocycles. The number of rotatable bonds is 9. The molecule has 2 heterocycles. The number of hydrogen-bond donors (Lipinski definition) is 1. The maximum absolute atomic E-state index is 12.0. The van der Waals surface area contributed by atoms with E-state index in [-0.39, 0.29) is 12.0 Å². The van der Waals surface area contributed by atoms with E-state index in [1.54, 1.807) is 17.4 Å². The Morgan fingerprint density at radius 1 is 1.12 bits per heavy atom. The predicted molar refractivity (Wildman–Crippen MR) is 142 cm³/mol. The summed E-state index contributed by atoms with van der Waals surface area (Å²) in [7, 11) is 0. The number of hydrogen-bond acceptors (Lipinski definition) is 5. The van der Waals surface area contributed by atoms with Crippen molar-refractivity contribution in [3.8, 4) is 5.75 Å². The molecule has 2 aromatic carbocycles. The molecule has 1 fully saturated rings. The van der Waals surface area contributed by atoms with Gasteiger partial charge in [0.2, 0.25) is 5.91 Å². The van der Waals surface area contributed by atoms with E-state index in [9.17, 15) is 4.79 Å². The van der Waals surface area contributed by atoms with Crippen molar-refractivity contribution < 1.29 is 9.53 Å². The molecule has 0 bridgehead atoms. The van der Waals surface area contributed by atoms with Crippen LogP contribution in [0.4, 0.5) is 5.69 Å². The van der Waals surface area contributed by atoms with Gasteiger partial charge in [-0.3, -0.25) is 9.69 Å². The van der Waals surface area contributed by atoms with Crippen LogP contribution in [0.1, 0.15) is 17.4 Å². The smallest absolute Gasteiger partial charge is 0.244 e. The molecule has 1 aliphatic heterocycles. The van der Waals surface area contributed by atoms with E-state index in [0.29, 0.717) is 6.54 Å². The molecule has 0 spiro atoms. The quantitative estimate of drug-likeness (QED) is 0.408. The number of carbonyl (C=O) groups excluding carboxylic acids is 1. The van der Waals surface area contributed by atoms with Crippen molar-refractivity contribution in [3.05, 3.63) is 87.6 Å². The fraction of sp³-hybridized carbons (Fsp3) is 0.296. The first-order valence-electron chi connectivity index (χ1n) is 11.5. The van der Waals surface area contributed by atoms with E-state index in [4.69, 9.17) is 16.3 Å². The van der Waals surface area contributed by atoms with Gasteiger partial charge in [-0.2, -0.15) is 0 Å². The fourth-order valence-corrected chi connectivity index (χ4v) is 4.74. The molecule has 5 nitrogen and oxygen atoms in total. The van der Waals surface area contributed by atoms with Crippen LogP contribution in [0.15, 0.2) is 72.1 Å². The Hall–Kier alpha value is -2.80. The van der Waals surface area contributed by atoms with Gasteiger partial charge in [0.1, 0.15) is 11.9 Å². The van der Waals surface area contributed by atoms with Crippen molar-refractivity contribution in [2.45, 2.75) is 19.6 Å². The summed E-state index contributed by atoms with van der Waals surface area (Å²) < 4.78 is 6.06. The molecule has 1 aromatic heterocycles. The zero-order valence-electron chi connectivity index (χ0n) is 19.3. The van der Waals surface area contributed by atoms with Gasteiger partial charge in [0.05, 0.1) is 6.54 Å². The first-order valence-corrected chi connectivity index (χ1v) is 12.8. The maximum atomic E-state index is 12.0. The van der Waals surface area contributed by atoms with Crippen LogP contribution >= 0.6 is 22.9 Å². The summed E-state index contributed by atoms with van der Waals surface area (Å²) >= 11 is 7.75. The minimum atomic E-state index is -0.129. The highest BCUT2D eigenvalue weighted by molar-refractivity contribution is 7.10. The SMILES string of the molecule is CC(CNC(=O)/C=C/c1cccs1)Oc1cccc(CN2CCN(c3cccc(Cl)c3)CC2)c1. The molecule has 1 saturated heterocycles. The van der Waals surface area contributed by atoms with Gasteiger partial charge in [-0.25, -0.2) is 0 Å². The van der Waals surface area contributed by atoms with Crippen molar-refractivity contribution in [1.29, 1.82) is 0 Å².